The molecule has 0 aliphatic rings. The summed E-state index contributed by atoms with van der Waals surface area (Å²) in [7, 11) is 0. The predicted molar refractivity (Wildman–Crippen MR) is 103 cm³/mol. The molecule has 2 aromatic carbocycles. The first-order valence-electron chi connectivity index (χ1n) is 8.36. The maximum atomic E-state index is 9.38. The lowest BCUT2D eigenvalue weighted by molar-refractivity contribution is 0.242. The molecule has 3 aromatic rings. The minimum Gasteiger partial charge on any atom is -0.490 e. The maximum Gasteiger partial charge on any atom is 0.258 e. The number of hydrogen-bond acceptors (Lipinski definition) is 5. The highest BCUT2D eigenvalue weighted by Gasteiger charge is 2.16. The van der Waals surface area contributed by atoms with E-state index in [1.807, 2.05) is 38.1 Å². The van der Waals surface area contributed by atoms with Crippen LogP contribution in [0.15, 0.2) is 45.4 Å². The van der Waals surface area contributed by atoms with Crippen LogP contribution in [0, 0.1) is 11.3 Å². The van der Waals surface area contributed by atoms with Gasteiger partial charge < -0.3 is 9.26 Å². The molecule has 3 rings (SSSR count). The van der Waals surface area contributed by atoms with Crippen molar-refractivity contribution in [2.45, 2.75) is 33.3 Å². The number of hydrogen-bond donors (Lipinski definition) is 0. The quantitative estimate of drug-likeness (QED) is 0.562. The second kappa shape index (κ2) is 7.71. The summed E-state index contributed by atoms with van der Waals surface area (Å²) >= 11 is 3.57. The first kappa shape index (κ1) is 18.2. The first-order chi connectivity index (χ1) is 12.5. The molecule has 0 unspecified atom stereocenters. The molecule has 0 bridgehead atoms. The van der Waals surface area contributed by atoms with Crippen LogP contribution in [0.1, 0.15) is 31.9 Å². The molecule has 5 nitrogen and oxygen atoms in total. The fourth-order valence-electron chi connectivity index (χ4n) is 2.68. The van der Waals surface area contributed by atoms with Crippen molar-refractivity contribution < 1.29 is 9.26 Å². The van der Waals surface area contributed by atoms with Crippen LogP contribution in [-0.4, -0.2) is 16.2 Å². The van der Waals surface area contributed by atoms with E-state index in [1.54, 1.807) is 12.1 Å². The van der Waals surface area contributed by atoms with Gasteiger partial charge in [0.25, 0.3) is 5.89 Å². The molecule has 0 amide bonds. The van der Waals surface area contributed by atoms with E-state index in [0.29, 0.717) is 28.6 Å². The van der Waals surface area contributed by atoms with E-state index in [1.165, 1.54) is 0 Å². The van der Waals surface area contributed by atoms with E-state index in [2.05, 4.69) is 39.1 Å². The van der Waals surface area contributed by atoms with Crippen molar-refractivity contribution >= 4 is 15.9 Å². The van der Waals surface area contributed by atoms with Gasteiger partial charge in [0.1, 0.15) is 11.8 Å². The predicted octanol–water partition coefficient (Wildman–Crippen LogP) is 5.39. The van der Waals surface area contributed by atoms with Gasteiger partial charge in [0.2, 0.25) is 5.82 Å². The number of nitrogens with zero attached hydrogens (tertiary/aromatic N) is 3. The summed E-state index contributed by atoms with van der Waals surface area (Å²) < 4.78 is 12.1. The Bertz CT molecular complexity index is 973. The molecule has 0 radical (unpaired) electrons. The van der Waals surface area contributed by atoms with Crippen LogP contribution in [0.4, 0.5) is 0 Å². The third-order valence-electron chi connectivity index (χ3n) is 3.85. The summed E-state index contributed by atoms with van der Waals surface area (Å²) in [6, 6.07) is 13.3. The molecule has 26 heavy (non-hydrogen) atoms. The second-order valence-electron chi connectivity index (χ2n) is 6.03. The van der Waals surface area contributed by atoms with Gasteiger partial charge in [-0.1, -0.05) is 40.1 Å². The molecule has 1 heterocycles. The third-order valence-corrected chi connectivity index (χ3v) is 4.59. The van der Waals surface area contributed by atoms with Gasteiger partial charge in [-0.3, -0.25) is 0 Å². The summed E-state index contributed by atoms with van der Waals surface area (Å²) in [6.45, 7) is 5.92. The average molecular weight is 412 g/mol. The lowest BCUT2D eigenvalue weighted by Crippen LogP contribution is -2.06. The molecule has 0 saturated carbocycles. The van der Waals surface area contributed by atoms with E-state index >= 15 is 0 Å². The molecule has 0 saturated heterocycles. The largest absolute Gasteiger partial charge is 0.490 e. The Balaban J connectivity index is 1.99. The molecule has 0 atom stereocenters. The molecule has 0 aliphatic carbocycles. The Kier molecular flexibility index (Phi) is 5.38. The lowest BCUT2D eigenvalue weighted by atomic mass is 10.0. The van der Waals surface area contributed by atoms with E-state index < -0.39 is 0 Å². The van der Waals surface area contributed by atoms with Crippen LogP contribution in [-0.2, 0) is 6.42 Å². The second-order valence-corrected chi connectivity index (χ2v) is 6.89. The Morgan fingerprint density at radius 3 is 2.77 bits per heavy atom. The van der Waals surface area contributed by atoms with Gasteiger partial charge in [0.15, 0.2) is 0 Å². The third kappa shape index (κ3) is 3.63. The van der Waals surface area contributed by atoms with E-state index in [9.17, 15) is 5.26 Å². The number of aromatic nitrogens is 2. The fraction of sp³-hybridized carbons (Fsp3) is 0.250. The van der Waals surface area contributed by atoms with E-state index in [4.69, 9.17) is 9.26 Å². The number of halogens is 1. The van der Waals surface area contributed by atoms with Crippen LogP contribution < -0.4 is 4.74 Å². The highest BCUT2D eigenvalue weighted by Crippen LogP contribution is 2.31. The van der Waals surface area contributed by atoms with Gasteiger partial charge in [-0.05, 0) is 50.1 Å². The summed E-state index contributed by atoms with van der Waals surface area (Å²) in [5, 5.41) is 13.5. The number of rotatable bonds is 5. The van der Waals surface area contributed by atoms with Crippen molar-refractivity contribution in [1.29, 1.82) is 5.26 Å². The van der Waals surface area contributed by atoms with Gasteiger partial charge in [0.05, 0.1) is 11.7 Å². The van der Waals surface area contributed by atoms with Crippen molar-refractivity contribution in [3.63, 3.8) is 0 Å². The number of nitriles is 1. The fourth-order valence-corrected chi connectivity index (χ4v) is 3.33. The van der Waals surface area contributed by atoms with Gasteiger partial charge in [-0.15, -0.1) is 0 Å². The zero-order valence-electron chi connectivity index (χ0n) is 14.8. The van der Waals surface area contributed by atoms with E-state index in [0.717, 1.165) is 22.0 Å². The van der Waals surface area contributed by atoms with Crippen LogP contribution in [0.5, 0.6) is 5.75 Å². The maximum absolute atomic E-state index is 9.38. The van der Waals surface area contributed by atoms with E-state index in [-0.39, 0.29) is 6.10 Å². The van der Waals surface area contributed by atoms with Gasteiger partial charge in [-0.2, -0.15) is 10.2 Å². The van der Waals surface area contributed by atoms with Crippen LogP contribution in [0.2, 0.25) is 0 Å². The van der Waals surface area contributed by atoms with Crippen molar-refractivity contribution in [2.24, 2.45) is 0 Å². The Labute approximate surface area is 160 Å². The van der Waals surface area contributed by atoms with Crippen molar-refractivity contribution in [3.05, 3.63) is 52.0 Å². The Morgan fingerprint density at radius 1 is 1.27 bits per heavy atom. The van der Waals surface area contributed by atoms with Crippen molar-refractivity contribution in [3.8, 4) is 34.7 Å². The lowest BCUT2D eigenvalue weighted by Gasteiger charge is -2.11. The molecular weight excluding hydrogens is 394 g/mol. The van der Waals surface area contributed by atoms with Crippen LogP contribution in [0.3, 0.4) is 0 Å². The topological polar surface area (TPSA) is 71.9 Å². The van der Waals surface area contributed by atoms with Gasteiger partial charge in [0, 0.05) is 15.6 Å². The normalized spacial score (nSPS) is 10.8. The SMILES string of the molecule is CCc1c(Br)cccc1-c1noc(-c2ccc(OC(C)C)c(C#N)c2)n1. The highest BCUT2D eigenvalue weighted by atomic mass is 79.9. The van der Waals surface area contributed by atoms with Crippen LogP contribution in [0.25, 0.3) is 22.8 Å². The Hall–Kier alpha value is -2.65. The number of benzene rings is 2. The average Bonchev–Trinajstić information content (AvgIpc) is 3.11. The minimum atomic E-state index is -0.00745. The molecular formula is C20H18BrN3O2. The smallest absolute Gasteiger partial charge is 0.258 e. The van der Waals surface area contributed by atoms with Gasteiger partial charge >= 0.3 is 0 Å². The molecule has 1 aromatic heterocycles. The summed E-state index contributed by atoms with van der Waals surface area (Å²) in [6.07, 6.45) is 0.840. The minimum absolute atomic E-state index is 0.00745. The highest BCUT2D eigenvalue weighted by molar-refractivity contribution is 9.10. The molecule has 6 heteroatoms. The molecule has 0 fully saturated rings. The van der Waals surface area contributed by atoms with Crippen molar-refractivity contribution in [1.82, 2.24) is 10.1 Å². The van der Waals surface area contributed by atoms with Crippen molar-refractivity contribution in [2.75, 3.05) is 0 Å². The number of ether oxygens (including phenoxy) is 1. The molecule has 0 spiro atoms. The monoisotopic (exact) mass is 411 g/mol. The Morgan fingerprint density at radius 2 is 2.08 bits per heavy atom. The molecule has 0 N–H and O–H groups in total. The summed E-state index contributed by atoms with van der Waals surface area (Å²) in [4.78, 5) is 4.52. The summed E-state index contributed by atoms with van der Waals surface area (Å²) in [5.74, 6) is 1.44. The van der Waals surface area contributed by atoms with Gasteiger partial charge in [-0.25, -0.2) is 0 Å². The first-order valence-corrected chi connectivity index (χ1v) is 9.15. The molecule has 132 valence electrons. The van der Waals surface area contributed by atoms with Crippen LogP contribution >= 0.6 is 15.9 Å². The zero-order chi connectivity index (χ0) is 18.7. The zero-order valence-corrected chi connectivity index (χ0v) is 16.4. The standard InChI is InChI=1S/C20H18BrN3O2/c1-4-15-16(6-5-7-17(15)21)19-23-20(26-24-19)13-8-9-18(25-12(2)3)14(10-13)11-22/h5-10,12H,4H2,1-3H3. The summed E-state index contributed by atoms with van der Waals surface area (Å²) in [5.41, 5.74) is 3.17. The molecule has 0 aliphatic heterocycles.